The smallest absolute Gasteiger partial charge is 0.0656 e. The van der Waals surface area contributed by atoms with Crippen molar-refractivity contribution in [2.45, 2.75) is 51.0 Å². The third-order valence-electron chi connectivity index (χ3n) is 3.74. The highest BCUT2D eigenvalue weighted by Crippen LogP contribution is 2.30. The van der Waals surface area contributed by atoms with E-state index in [1.807, 2.05) is 0 Å². The van der Waals surface area contributed by atoms with Gasteiger partial charge in [0.1, 0.15) is 0 Å². The number of likely N-dealkylation sites (tertiary alicyclic amines) is 1. The van der Waals surface area contributed by atoms with Gasteiger partial charge in [0.05, 0.1) is 6.07 Å². The first-order valence-corrected chi connectivity index (χ1v) is 6.04. The van der Waals surface area contributed by atoms with Crippen LogP contribution in [-0.4, -0.2) is 24.0 Å². The first kappa shape index (κ1) is 9.98. The number of hydrogen-bond acceptors (Lipinski definition) is 2. The van der Waals surface area contributed by atoms with Crippen molar-refractivity contribution in [1.29, 1.82) is 5.26 Å². The lowest BCUT2D eigenvalue weighted by atomic mass is 10.1. The quantitative estimate of drug-likeness (QED) is 0.638. The molecular formula is C12H20N2. The Morgan fingerprint density at radius 3 is 2.29 bits per heavy atom. The number of rotatable bonds is 1. The van der Waals surface area contributed by atoms with Gasteiger partial charge < -0.3 is 4.90 Å². The summed E-state index contributed by atoms with van der Waals surface area (Å²) >= 11 is 0. The Balaban J connectivity index is 1.85. The summed E-state index contributed by atoms with van der Waals surface area (Å²) in [6.07, 6.45) is 9.09. The molecule has 0 aromatic rings. The molecule has 0 spiro atoms. The summed E-state index contributed by atoms with van der Waals surface area (Å²) in [5, 5.41) is 8.87. The predicted octanol–water partition coefficient (Wildman–Crippen LogP) is 2.55. The van der Waals surface area contributed by atoms with Gasteiger partial charge in [0.25, 0.3) is 0 Å². The molecule has 1 aliphatic carbocycles. The van der Waals surface area contributed by atoms with Gasteiger partial charge in [0.15, 0.2) is 0 Å². The molecule has 78 valence electrons. The fourth-order valence-corrected chi connectivity index (χ4v) is 2.87. The number of hydrogen-bond donors (Lipinski definition) is 0. The third-order valence-corrected chi connectivity index (χ3v) is 3.74. The second-order valence-corrected chi connectivity index (χ2v) is 4.74. The van der Waals surface area contributed by atoms with Crippen molar-refractivity contribution in [1.82, 2.24) is 4.90 Å². The standard InChI is InChI=1S/C12H20N2/c13-10-11-5-6-12(9-11)14-7-3-1-2-4-8-14/h11-12H,1-9H2. The fourth-order valence-electron chi connectivity index (χ4n) is 2.87. The first-order chi connectivity index (χ1) is 6.90. The molecular weight excluding hydrogens is 172 g/mol. The minimum atomic E-state index is 0.350. The predicted molar refractivity (Wildman–Crippen MR) is 56.8 cm³/mol. The molecule has 14 heavy (non-hydrogen) atoms. The molecule has 2 atom stereocenters. The molecule has 1 aliphatic heterocycles. The van der Waals surface area contributed by atoms with Crippen LogP contribution in [-0.2, 0) is 0 Å². The van der Waals surface area contributed by atoms with E-state index in [9.17, 15) is 0 Å². The van der Waals surface area contributed by atoms with Crippen LogP contribution in [0.15, 0.2) is 0 Å². The van der Waals surface area contributed by atoms with Crippen molar-refractivity contribution in [3.05, 3.63) is 0 Å². The number of nitrogens with zero attached hydrogens (tertiary/aromatic N) is 2. The van der Waals surface area contributed by atoms with E-state index in [0.29, 0.717) is 5.92 Å². The van der Waals surface area contributed by atoms with Gasteiger partial charge in [-0.3, -0.25) is 0 Å². The summed E-state index contributed by atoms with van der Waals surface area (Å²) in [5.74, 6) is 0.350. The van der Waals surface area contributed by atoms with Gasteiger partial charge in [-0.1, -0.05) is 12.8 Å². The molecule has 0 radical (unpaired) electrons. The molecule has 2 rings (SSSR count). The molecule has 1 heterocycles. The van der Waals surface area contributed by atoms with Crippen LogP contribution in [0.5, 0.6) is 0 Å². The van der Waals surface area contributed by atoms with Crippen LogP contribution in [0.1, 0.15) is 44.9 Å². The van der Waals surface area contributed by atoms with Gasteiger partial charge in [0, 0.05) is 12.0 Å². The van der Waals surface area contributed by atoms with E-state index in [-0.39, 0.29) is 0 Å². The summed E-state index contributed by atoms with van der Waals surface area (Å²) in [4.78, 5) is 2.64. The minimum absolute atomic E-state index is 0.350. The van der Waals surface area contributed by atoms with Crippen molar-refractivity contribution >= 4 is 0 Å². The maximum atomic E-state index is 8.87. The Morgan fingerprint density at radius 2 is 1.71 bits per heavy atom. The van der Waals surface area contributed by atoms with Crippen molar-refractivity contribution in [2.24, 2.45) is 5.92 Å². The molecule has 2 unspecified atom stereocenters. The van der Waals surface area contributed by atoms with Crippen LogP contribution in [0.4, 0.5) is 0 Å². The Bertz CT molecular complexity index is 211. The van der Waals surface area contributed by atoms with Crippen molar-refractivity contribution in [3.8, 4) is 6.07 Å². The van der Waals surface area contributed by atoms with Gasteiger partial charge in [-0.25, -0.2) is 0 Å². The Kier molecular flexibility index (Phi) is 3.42. The second kappa shape index (κ2) is 4.79. The monoisotopic (exact) mass is 192 g/mol. The summed E-state index contributed by atoms with van der Waals surface area (Å²) in [6, 6.07) is 3.16. The van der Waals surface area contributed by atoms with E-state index < -0.39 is 0 Å². The minimum Gasteiger partial charge on any atom is -0.300 e. The van der Waals surface area contributed by atoms with Crippen molar-refractivity contribution in [2.75, 3.05) is 13.1 Å². The first-order valence-electron chi connectivity index (χ1n) is 6.04. The van der Waals surface area contributed by atoms with Crippen LogP contribution in [0.25, 0.3) is 0 Å². The lowest BCUT2D eigenvalue weighted by Crippen LogP contribution is -2.34. The van der Waals surface area contributed by atoms with E-state index in [4.69, 9.17) is 5.26 Å². The Hall–Kier alpha value is -0.550. The lowest BCUT2D eigenvalue weighted by Gasteiger charge is -2.26. The summed E-state index contributed by atoms with van der Waals surface area (Å²) in [5.41, 5.74) is 0. The zero-order valence-electron chi connectivity index (χ0n) is 8.91. The number of nitriles is 1. The maximum Gasteiger partial charge on any atom is 0.0656 e. The van der Waals surface area contributed by atoms with Gasteiger partial charge in [0.2, 0.25) is 0 Å². The van der Waals surface area contributed by atoms with Crippen LogP contribution in [0.2, 0.25) is 0 Å². The van der Waals surface area contributed by atoms with Crippen LogP contribution >= 0.6 is 0 Å². The molecule has 0 N–H and O–H groups in total. The van der Waals surface area contributed by atoms with Crippen molar-refractivity contribution in [3.63, 3.8) is 0 Å². The molecule has 1 saturated carbocycles. The highest BCUT2D eigenvalue weighted by molar-refractivity contribution is 4.93. The summed E-state index contributed by atoms with van der Waals surface area (Å²) < 4.78 is 0. The normalized spacial score (nSPS) is 35.1. The zero-order valence-corrected chi connectivity index (χ0v) is 8.91. The van der Waals surface area contributed by atoms with E-state index in [1.54, 1.807) is 0 Å². The molecule has 0 amide bonds. The van der Waals surface area contributed by atoms with E-state index in [0.717, 1.165) is 18.9 Å². The van der Waals surface area contributed by atoms with Crippen LogP contribution in [0, 0.1) is 17.2 Å². The maximum absolute atomic E-state index is 8.87. The molecule has 2 nitrogen and oxygen atoms in total. The second-order valence-electron chi connectivity index (χ2n) is 4.74. The Labute approximate surface area is 86.9 Å². The van der Waals surface area contributed by atoms with Crippen LogP contribution < -0.4 is 0 Å². The average molecular weight is 192 g/mol. The van der Waals surface area contributed by atoms with Gasteiger partial charge >= 0.3 is 0 Å². The SMILES string of the molecule is N#CC1CCC(N2CCCCCC2)C1. The molecule has 0 bridgehead atoms. The average Bonchev–Trinajstić information content (AvgIpc) is 2.53. The van der Waals surface area contributed by atoms with Crippen LogP contribution in [0.3, 0.4) is 0 Å². The Morgan fingerprint density at radius 1 is 1.00 bits per heavy atom. The largest absolute Gasteiger partial charge is 0.300 e. The van der Waals surface area contributed by atoms with Crippen molar-refractivity contribution < 1.29 is 0 Å². The van der Waals surface area contributed by atoms with E-state index in [2.05, 4.69) is 11.0 Å². The van der Waals surface area contributed by atoms with Gasteiger partial charge in [-0.05, 0) is 45.2 Å². The third kappa shape index (κ3) is 2.27. The zero-order chi connectivity index (χ0) is 9.80. The van der Waals surface area contributed by atoms with Gasteiger partial charge in [-0.15, -0.1) is 0 Å². The molecule has 2 heteroatoms. The van der Waals surface area contributed by atoms with Gasteiger partial charge in [-0.2, -0.15) is 5.26 Å². The van der Waals surface area contributed by atoms with E-state index in [1.165, 1.54) is 45.2 Å². The highest BCUT2D eigenvalue weighted by Gasteiger charge is 2.29. The molecule has 0 aromatic heterocycles. The summed E-state index contributed by atoms with van der Waals surface area (Å²) in [7, 11) is 0. The molecule has 2 aliphatic rings. The molecule has 0 aromatic carbocycles. The molecule has 1 saturated heterocycles. The fraction of sp³-hybridized carbons (Fsp3) is 0.917. The lowest BCUT2D eigenvalue weighted by molar-refractivity contribution is 0.204. The topological polar surface area (TPSA) is 27.0 Å². The molecule has 2 fully saturated rings. The highest BCUT2D eigenvalue weighted by atomic mass is 15.2. The van der Waals surface area contributed by atoms with E-state index >= 15 is 0 Å². The summed E-state index contributed by atoms with van der Waals surface area (Å²) in [6.45, 7) is 2.56.